The van der Waals surface area contributed by atoms with Crippen LogP contribution in [0.3, 0.4) is 0 Å². The molecule has 0 spiro atoms. The van der Waals surface area contributed by atoms with Crippen molar-refractivity contribution in [2.45, 2.75) is 33.1 Å². The average Bonchev–Trinajstić information content (AvgIpc) is 2.63. The molecule has 144 valence electrons. The van der Waals surface area contributed by atoms with Crippen molar-refractivity contribution in [1.82, 2.24) is 10.2 Å². The number of rotatable bonds is 7. The average molecular weight is 367 g/mol. The van der Waals surface area contributed by atoms with E-state index in [1.165, 1.54) is 11.0 Å². The summed E-state index contributed by atoms with van der Waals surface area (Å²) >= 11 is 0. The second kappa shape index (κ2) is 9.62. The van der Waals surface area contributed by atoms with Crippen LogP contribution in [0.2, 0.25) is 0 Å². The lowest BCUT2D eigenvalue weighted by Gasteiger charge is -2.29. The molecular weight excluding hydrogens is 340 g/mol. The second-order valence-electron chi connectivity index (χ2n) is 6.82. The Balaban J connectivity index is 1.90. The third-order valence-electron chi connectivity index (χ3n) is 4.98. The zero-order chi connectivity index (χ0) is 19.1. The number of halogens is 2. The summed E-state index contributed by atoms with van der Waals surface area (Å²) in [6, 6.07) is 3.37. The van der Waals surface area contributed by atoms with Gasteiger partial charge in [0.05, 0.1) is 6.54 Å². The van der Waals surface area contributed by atoms with Gasteiger partial charge in [0.1, 0.15) is 17.3 Å². The van der Waals surface area contributed by atoms with Crippen molar-refractivity contribution in [3.63, 3.8) is 0 Å². The molecule has 1 aliphatic heterocycles. The third-order valence-corrected chi connectivity index (χ3v) is 4.98. The number of nitrogens with one attached hydrogen (secondary N) is 2. The summed E-state index contributed by atoms with van der Waals surface area (Å²) in [5, 5.41) is 5.53. The van der Waals surface area contributed by atoms with Crippen molar-refractivity contribution in [2.75, 3.05) is 31.5 Å². The van der Waals surface area contributed by atoms with Gasteiger partial charge in [0.15, 0.2) is 0 Å². The predicted molar refractivity (Wildman–Crippen MR) is 96.6 cm³/mol. The molecule has 1 fully saturated rings. The minimum Gasteiger partial charge on any atom is -0.334 e. The number of likely N-dealkylation sites (N-methyl/N-ethyl adjacent to an activating group) is 1. The van der Waals surface area contributed by atoms with E-state index in [1.807, 2.05) is 0 Å². The molecule has 26 heavy (non-hydrogen) atoms. The molecule has 1 unspecified atom stereocenters. The number of carbonyl (C=O) groups is 2. The molecule has 1 aromatic rings. The van der Waals surface area contributed by atoms with Crippen molar-refractivity contribution in [1.29, 1.82) is 0 Å². The Labute approximate surface area is 153 Å². The van der Waals surface area contributed by atoms with E-state index in [-0.39, 0.29) is 18.4 Å². The maximum absolute atomic E-state index is 13.6. The first kappa shape index (κ1) is 20.3. The van der Waals surface area contributed by atoms with Gasteiger partial charge in [-0.05, 0) is 56.8 Å². The third kappa shape index (κ3) is 5.49. The molecule has 0 saturated carbocycles. The number of nitrogens with zero attached hydrogens (tertiary/aromatic N) is 1. The fourth-order valence-electron chi connectivity index (χ4n) is 3.33. The zero-order valence-electron chi connectivity index (χ0n) is 15.4. The van der Waals surface area contributed by atoms with Gasteiger partial charge in [-0.1, -0.05) is 13.0 Å². The lowest BCUT2D eigenvalue weighted by molar-refractivity contribution is -0.135. The van der Waals surface area contributed by atoms with Gasteiger partial charge in [0.25, 0.3) is 0 Å². The molecule has 1 saturated heterocycles. The molecule has 2 N–H and O–H groups in total. The molecule has 1 atom stereocenters. The molecule has 0 aromatic heterocycles. The van der Waals surface area contributed by atoms with Crippen LogP contribution in [0.25, 0.3) is 0 Å². The smallest absolute Gasteiger partial charge is 0.244 e. The largest absolute Gasteiger partial charge is 0.334 e. The van der Waals surface area contributed by atoms with E-state index in [1.54, 1.807) is 6.92 Å². The van der Waals surface area contributed by atoms with Crippen LogP contribution in [0.5, 0.6) is 0 Å². The molecule has 2 rings (SSSR count). The zero-order valence-corrected chi connectivity index (χ0v) is 15.4. The fraction of sp³-hybridized carbons (Fsp3) is 0.579. The maximum Gasteiger partial charge on any atom is 0.244 e. The molecule has 0 aliphatic carbocycles. The van der Waals surface area contributed by atoms with Crippen molar-refractivity contribution in [3.05, 3.63) is 29.8 Å². The maximum atomic E-state index is 13.6. The topological polar surface area (TPSA) is 61.4 Å². The van der Waals surface area contributed by atoms with Crippen LogP contribution in [0.15, 0.2) is 18.2 Å². The summed E-state index contributed by atoms with van der Waals surface area (Å²) in [6.07, 6.45) is 2.47. The van der Waals surface area contributed by atoms with E-state index >= 15 is 0 Å². The second-order valence-corrected chi connectivity index (χ2v) is 6.82. The molecule has 0 radical (unpaired) electrons. The van der Waals surface area contributed by atoms with Gasteiger partial charge in [0.2, 0.25) is 11.8 Å². The normalized spacial score (nSPS) is 16.2. The Kier molecular flexibility index (Phi) is 7.50. The number of amides is 2. The Hall–Kier alpha value is -2.02. The molecule has 7 heteroatoms. The molecule has 5 nitrogen and oxygen atoms in total. The van der Waals surface area contributed by atoms with Gasteiger partial charge in [-0.15, -0.1) is 0 Å². The van der Waals surface area contributed by atoms with Crippen LogP contribution in [0.4, 0.5) is 14.5 Å². The highest BCUT2D eigenvalue weighted by Gasteiger charge is 2.25. The van der Waals surface area contributed by atoms with E-state index in [9.17, 15) is 18.4 Å². The number of hydrogen-bond donors (Lipinski definition) is 2. The summed E-state index contributed by atoms with van der Waals surface area (Å²) < 4.78 is 27.3. The van der Waals surface area contributed by atoms with Crippen molar-refractivity contribution in [3.8, 4) is 0 Å². The van der Waals surface area contributed by atoms with Gasteiger partial charge in [-0.2, -0.15) is 0 Å². The van der Waals surface area contributed by atoms with Crippen LogP contribution < -0.4 is 10.6 Å². The monoisotopic (exact) mass is 367 g/mol. The molecule has 2 amide bonds. The first-order chi connectivity index (χ1) is 12.4. The quantitative estimate of drug-likeness (QED) is 0.779. The number of para-hydroxylation sites is 1. The van der Waals surface area contributed by atoms with Gasteiger partial charge in [-0.3, -0.25) is 9.59 Å². The van der Waals surface area contributed by atoms with Crippen LogP contribution in [0.1, 0.15) is 33.1 Å². The van der Waals surface area contributed by atoms with E-state index in [0.29, 0.717) is 18.9 Å². The van der Waals surface area contributed by atoms with Crippen LogP contribution in [-0.4, -0.2) is 42.9 Å². The number of benzene rings is 1. The molecule has 1 heterocycles. The standard InChI is InChI=1S/C19H27F2N3O2/c1-3-24(18(26)11-13(2)14-7-9-22-10-8-14)12-17(25)23-19-15(20)5-4-6-16(19)21/h4-6,13-14,22H,3,7-12H2,1-2H3,(H,23,25). The fourth-order valence-corrected chi connectivity index (χ4v) is 3.33. The minimum absolute atomic E-state index is 0.109. The SMILES string of the molecule is CCN(CC(=O)Nc1c(F)cccc1F)C(=O)CC(C)C1CCNCC1. The molecular formula is C19H27F2N3O2. The van der Waals surface area contributed by atoms with Gasteiger partial charge in [-0.25, -0.2) is 8.78 Å². The van der Waals surface area contributed by atoms with Crippen LogP contribution in [0, 0.1) is 23.5 Å². The van der Waals surface area contributed by atoms with E-state index in [2.05, 4.69) is 17.6 Å². The van der Waals surface area contributed by atoms with Crippen molar-refractivity contribution >= 4 is 17.5 Å². The molecule has 1 aliphatic rings. The Morgan fingerprint density at radius 2 is 1.88 bits per heavy atom. The van der Waals surface area contributed by atoms with Gasteiger partial charge >= 0.3 is 0 Å². The van der Waals surface area contributed by atoms with E-state index < -0.39 is 23.2 Å². The summed E-state index contributed by atoms with van der Waals surface area (Å²) in [5.74, 6) is -1.66. The van der Waals surface area contributed by atoms with Crippen molar-refractivity contribution in [2.24, 2.45) is 11.8 Å². The summed E-state index contributed by atoms with van der Waals surface area (Å²) in [4.78, 5) is 26.1. The van der Waals surface area contributed by atoms with Crippen molar-refractivity contribution < 1.29 is 18.4 Å². The number of anilines is 1. The molecule has 0 bridgehead atoms. The Morgan fingerprint density at radius 1 is 1.27 bits per heavy atom. The highest BCUT2D eigenvalue weighted by Crippen LogP contribution is 2.25. The summed E-state index contributed by atoms with van der Waals surface area (Å²) in [6.45, 7) is 5.93. The lowest BCUT2D eigenvalue weighted by Crippen LogP contribution is -2.40. The Bertz CT molecular complexity index is 613. The molecule has 1 aromatic carbocycles. The Morgan fingerprint density at radius 3 is 2.46 bits per heavy atom. The lowest BCUT2D eigenvalue weighted by atomic mass is 9.84. The van der Waals surface area contributed by atoms with Gasteiger partial charge < -0.3 is 15.5 Å². The first-order valence-electron chi connectivity index (χ1n) is 9.14. The van der Waals surface area contributed by atoms with E-state index in [4.69, 9.17) is 0 Å². The van der Waals surface area contributed by atoms with E-state index in [0.717, 1.165) is 38.1 Å². The van der Waals surface area contributed by atoms with Crippen LogP contribution in [-0.2, 0) is 9.59 Å². The summed E-state index contributed by atoms with van der Waals surface area (Å²) in [5.41, 5.74) is -0.482. The van der Waals surface area contributed by atoms with Crippen LogP contribution >= 0.6 is 0 Å². The predicted octanol–water partition coefficient (Wildman–Crippen LogP) is 2.78. The first-order valence-corrected chi connectivity index (χ1v) is 9.14. The highest BCUT2D eigenvalue weighted by molar-refractivity contribution is 5.94. The number of carbonyl (C=O) groups excluding carboxylic acids is 2. The number of piperidine rings is 1. The summed E-state index contributed by atoms with van der Waals surface area (Å²) in [7, 11) is 0. The number of hydrogen-bond acceptors (Lipinski definition) is 3. The highest BCUT2D eigenvalue weighted by atomic mass is 19.1. The van der Waals surface area contributed by atoms with Gasteiger partial charge in [0, 0.05) is 13.0 Å². The minimum atomic E-state index is -0.841.